The second kappa shape index (κ2) is 15.8. The van der Waals surface area contributed by atoms with Crippen molar-refractivity contribution >= 4 is 56.6 Å². The number of hydrogen-bond donors (Lipinski definition) is 1. The maximum absolute atomic E-state index is 13.4. The molecule has 1 saturated heterocycles. The molecule has 1 fully saturated rings. The van der Waals surface area contributed by atoms with Gasteiger partial charge in [-0.25, -0.2) is 14.8 Å². The first-order chi connectivity index (χ1) is 21.9. The van der Waals surface area contributed by atoms with Crippen LogP contribution in [0.2, 0.25) is 0 Å². The number of carboxylic acid groups (broad SMARTS) is 1. The summed E-state index contributed by atoms with van der Waals surface area (Å²) in [7, 11) is 2.69. The quantitative estimate of drug-likeness (QED) is 0.129. The third kappa shape index (κ3) is 10.8. The third-order valence-corrected chi connectivity index (χ3v) is 8.23. The summed E-state index contributed by atoms with van der Waals surface area (Å²) in [6.45, 7) is 7.06. The Kier molecular flexibility index (Phi) is 12.6. The SMILES string of the molecule is CN(Cc1ccnc(N2CCN(c3ccccn3)CC2)c1)C(C)(C)C(=O)N(C=O)c1ccc(SC(F)(F)F)cc1.O=C(O)C(F)(F)P. The van der Waals surface area contributed by atoms with Crippen molar-refractivity contribution in [1.82, 2.24) is 14.9 Å². The van der Waals surface area contributed by atoms with Crippen LogP contribution in [0.15, 0.2) is 71.9 Å². The Balaban J connectivity index is 0.000000771. The normalized spacial score (nSPS) is 13.9. The average molecular weight is 701 g/mol. The lowest BCUT2D eigenvalue weighted by Crippen LogP contribution is -2.54. The number of rotatable bonds is 10. The average Bonchev–Trinajstić information content (AvgIpc) is 3.02. The molecule has 254 valence electrons. The minimum absolute atomic E-state index is 0.0300. The topological polar surface area (TPSA) is 110 Å². The minimum Gasteiger partial charge on any atom is -0.477 e. The molecule has 1 aliphatic rings. The van der Waals surface area contributed by atoms with E-state index < -0.39 is 28.6 Å². The first-order valence-electron chi connectivity index (χ1n) is 14.0. The zero-order chi connectivity index (χ0) is 35.0. The van der Waals surface area contributed by atoms with E-state index in [0.29, 0.717) is 13.0 Å². The van der Waals surface area contributed by atoms with Gasteiger partial charge in [0.1, 0.15) is 11.6 Å². The molecule has 3 aromatic rings. The van der Waals surface area contributed by atoms with Gasteiger partial charge in [-0.05, 0) is 96.0 Å². The molecule has 0 spiro atoms. The molecule has 0 radical (unpaired) electrons. The van der Waals surface area contributed by atoms with Crippen molar-refractivity contribution in [1.29, 1.82) is 0 Å². The van der Waals surface area contributed by atoms with Gasteiger partial charge < -0.3 is 14.9 Å². The summed E-state index contributed by atoms with van der Waals surface area (Å²) < 4.78 is 60.4. The molecule has 2 aromatic heterocycles. The predicted octanol–water partition coefficient (Wildman–Crippen LogP) is 5.35. The molecule has 47 heavy (non-hydrogen) atoms. The fourth-order valence-electron chi connectivity index (χ4n) is 4.40. The first kappa shape index (κ1) is 37.6. The molecule has 10 nitrogen and oxygen atoms in total. The van der Waals surface area contributed by atoms with Crippen LogP contribution >= 0.6 is 21.0 Å². The Morgan fingerprint density at radius 1 is 0.936 bits per heavy atom. The van der Waals surface area contributed by atoms with E-state index in [1.54, 1.807) is 33.3 Å². The lowest BCUT2D eigenvalue weighted by molar-refractivity contribution is -0.153. The number of thioether (sulfide) groups is 1. The number of carbonyl (C=O) groups is 3. The van der Waals surface area contributed by atoms with E-state index in [9.17, 15) is 36.3 Å². The maximum Gasteiger partial charge on any atom is 0.446 e. The third-order valence-electron chi connectivity index (χ3n) is 7.24. The number of likely N-dealkylation sites (N-methyl/N-ethyl adjacent to an activating group) is 1. The van der Waals surface area contributed by atoms with E-state index in [1.807, 2.05) is 35.2 Å². The number of halogens is 5. The Morgan fingerprint density at radius 3 is 1.98 bits per heavy atom. The van der Waals surface area contributed by atoms with Gasteiger partial charge in [-0.1, -0.05) is 6.07 Å². The van der Waals surface area contributed by atoms with Crippen LogP contribution in [0.25, 0.3) is 0 Å². The minimum atomic E-state index is -4.42. The largest absolute Gasteiger partial charge is 0.477 e. The monoisotopic (exact) mass is 700 g/mol. The molecule has 0 bridgehead atoms. The van der Waals surface area contributed by atoms with Gasteiger partial charge in [-0.3, -0.25) is 19.4 Å². The van der Waals surface area contributed by atoms with Crippen molar-refractivity contribution in [3.8, 4) is 0 Å². The van der Waals surface area contributed by atoms with Gasteiger partial charge in [0.05, 0.1) is 11.2 Å². The second-order valence-electron chi connectivity index (χ2n) is 10.8. The Morgan fingerprint density at radius 2 is 1.49 bits per heavy atom. The van der Waals surface area contributed by atoms with Crippen LogP contribution < -0.4 is 14.7 Å². The number of aliphatic carboxylic acids is 1. The highest BCUT2D eigenvalue weighted by molar-refractivity contribution is 8.00. The summed E-state index contributed by atoms with van der Waals surface area (Å²) in [5, 5.41) is 7.48. The summed E-state index contributed by atoms with van der Waals surface area (Å²) in [5.41, 5.74) is -8.04. The number of aromatic nitrogens is 2. The van der Waals surface area contributed by atoms with Crippen LogP contribution in [-0.2, 0) is 20.9 Å². The number of amides is 2. The van der Waals surface area contributed by atoms with Crippen LogP contribution in [-0.4, -0.2) is 88.2 Å². The molecule has 4 rings (SSSR count). The van der Waals surface area contributed by atoms with Gasteiger partial charge in [0, 0.05) is 50.0 Å². The molecule has 0 saturated carbocycles. The lowest BCUT2D eigenvalue weighted by Gasteiger charge is -2.37. The molecule has 3 heterocycles. The number of hydrogen-bond acceptors (Lipinski definition) is 9. The zero-order valence-corrected chi connectivity index (χ0v) is 27.7. The number of nitrogens with zero attached hydrogens (tertiary/aromatic N) is 6. The van der Waals surface area contributed by atoms with Crippen LogP contribution in [0.4, 0.5) is 39.3 Å². The molecule has 2 amide bonds. The van der Waals surface area contributed by atoms with Crippen molar-refractivity contribution in [2.45, 2.75) is 42.0 Å². The van der Waals surface area contributed by atoms with Gasteiger partial charge in [0.2, 0.25) is 6.41 Å². The summed E-state index contributed by atoms with van der Waals surface area (Å²) >= 11 is -0.255. The predicted molar refractivity (Wildman–Crippen MR) is 173 cm³/mol. The molecule has 1 N–H and O–H groups in total. The smallest absolute Gasteiger partial charge is 0.446 e. The number of carboxylic acids is 1. The highest BCUT2D eigenvalue weighted by Gasteiger charge is 2.37. The fraction of sp³-hybridized carbons (Fsp3) is 0.367. The van der Waals surface area contributed by atoms with E-state index in [1.165, 1.54) is 24.3 Å². The number of carbonyl (C=O) groups excluding carboxylic acids is 2. The molecule has 1 aliphatic heterocycles. The van der Waals surface area contributed by atoms with Gasteiger partial charge >= 0.3 is 17.1 Å². The van der Waals surface area contributed by atoms with Crippen LogP contribution in [0.5, 0.6) is 0 Å². The summed E-state index contributed by atoms with van der Waals surface area (Å²) in [6.07, 6.45) is 3.92. The second-order valence-corrected chi connectivity index (χ2v) is 12.7. The number of imide groups is 1. The molecule has 1 atom stereocenters. The summed E-state index contributed by atoms with van der Waals surface area (Å²) in [6, 6.07) is 14.9. The molecule has 17 heteroatoms. The number of alkyl halides is 5. The molecular formula is C30H34F5N6O4PS. The van der Waals surface area contributed by atoms with Gasteiger partial charge in [0.15, 0.2) is 0 Å². The van der Waals surface area contributed by atoms with Crippen molar-refractivity contribution in [3.05, 3.63) is 72.6 Å². The van der Waals surface area contributed by atoms with Crippen molar-refractivity contribution in [2.75, 3.05) is 47.9 Å². The summed E-state index contributed by atoms with van der Waals surface area (Å²) in [5.74, 6) is -0.821. The molecule has 1 unspecified atom stereocenters. The van der Waals surface area contributed by atoms with E-state index in [2.05, 4.69) is 19.8 Å². The van der Waals surface area contributed by atoms with Gasteiger partial charge in [-0.2, -0.15) is 22.0 Å². The van der Waals surface area contributed by atoms with Crippen molar-refractivity contribution in [3.63, 3.8) is 0 Å². The number of piperazine rings is 1. The molecule has 1 aromatic carbocycles. The van der Waals surface area contributed by atoms with Gasteiger partial charge in [0.25, 0.3) is 5.91 Å². The maximum atomic E-state index is 13.4. The van der Waals surface area contributed by atoms with Crippen molar-refractivity contribution < 1.29 is 41.4 Å². The van der Waals surface area contributed by atoms with Crippen LogP contribution in [0.3, 0.4) is 0 Å². The Labute approximate surface area is 275 Å². The van der Waals surface area contributed by atoms with E-state index in [0.717, 1.165) is 57.5 Å². The van der Waals surface area contributed by atoms with Gasteiger partial charge in [-0.15, -0.1) is 0 Å². The Bertz CT molecular complexity index is 1510. The highest BCUT2D eigenvalue weighted by Crippen LogP contribution is 2.37. The number of anilines is 3. The first-order valence-corrected chi connectivity index (χ1v) is 15.4. The standard InChI is InChI=1S/C28H31F3N6O2S.C2H3F2O2P/c1-27(2,26(39)37(20-38)22-7-9-23(10-8-22)40-28(29,30)31)34(3)19-21-11-13-33-25(18-21)36-16-14-35(15-17-36)24-6-4-5-12-32-24;3-2(4,7)1(5)6/h4-13,18,20H,14-17,19H2,1-3H3;7H2,(H,5,6). The van der Waals surface area contributed by atoms with Crippen LogP contribution in [0, 0.1) is 0 Å². The molecular weight excluding hydrogens is 666 g/mol. The number of pyridine rings is 2. The highest BCUT2D eigenvalue weighted by atomic mass is 32.2. The van der Waals surface area contributed by atoms with Crippen LogP contribution in [0.1, 0.15) is 19.4 Å². The lowest BCUT2D eigenvalue weighted by atomic mass is 10.00. The zero-order valence-electron chi connectivity index (χ0n) is 25.7. The Hall–Kier alpha value is -3.88. The van der Waals surface area contributed by atoms with Crippen molar-refractivity contribution in [2.24, 2.45) is 0 Å². The number of benzene rings is 1. The molecule has 0 aliphatic carbocycles. The summed E-state index contributed by atoms with van der Waals surface area (Å²) in [4.78, 5) is 50.8. The van der Waals surface area contributed by atoms with E-state index >= 15 is 0 Å². The van der Waals surface area contributed by atoms with E-state index in [4.69, 9.17) is 5.11 Å². The van der Waals surface area contributed by atoms with E-state index in [-0.39, 0.29) is 22.3 Å². The fourth-order valence-corrected chi connectivity index (χ4v) is 4.94.